The molecule has 0 aliphatic heterocycles. The minimum Gasteiger partial charge on any atom is -0.0922 e. The Morgan fingerprint density at radius 3 is 0.730 bits per heavy atom. The number of unbranched alkanes of at least 4 members (excludes halogenated alkanes) is 3. The minimum atomic E-state index is 0.583. The highest BCUT2D eigenvalue weighted by Gasteiger charge is 2.22. The van der Waals surface area contributed by atoms with Crippen LogP contribution in [0.5, 0.6) is 0 Å². The van der Waals surface area contributed by atoms with E-state index in [1.165, 1.54) is 193 Å². The van der Waals surface area contributed by atoms with Gasteiger partial charge in [-0.15, -0.1) is 0 Å². The van der Waals surface area contributed by atoms with E-state index in [1.807, 2.05) is 0 Å². The molecule has 6 unspecified atom stereocenters. The predicted molar refractivity (Wildman–Crippen MR) is 363 cm³/mol. The maximum Gasteiger partial charge on any atom is 0.00876 e. The molecule has 0 aromatic rings. The zero-order valence-corrected chi connectivity index (χ0v) is 61.0. The van der Waals surface area contributed by atoms with Gasteiger partial charge >= 0.3 is 0 Å². The average molecular weight is 1120 g/mol. The number of hydrogen-bond acceptors (Lipinski definition) is 0. The summed E-state index contributed by atoms with van der Waals surface area (Å²) in [4.78, 5) is 0. The third kappa shape index (κ3) is 66.8. The van der Waals surface area contributed by atoms with E-state index in [2.05, 4.69) is 231 Å². The number of halogens is 1. The standard InChI is InChI=1S/C10H22.3C9H20.C8H17Br.C8H18.2C7H16.C6H14/c1-5-7-8-10(4)9(3)6-2;1-5-7-9(4)8(3)6-2;1-5-9(6-2,7-3)8-4;1-4-6-7-8-9(3)5-2;1-4-8(5-2,6-3)7-9;1-5-8(4,6-2)7-3;1-4-6-7(3)5-2;1-4-7(5-2)6-3;1-4-6(3)5-2/h9-10H,5-8H2,1-4H3;8-9H,5-7H2,1-4H3;5-8H2,1-4H3;9H,4-8H2,1-3H3;4-7H2,1-3H3;5-7H2,1-4H3;2*7H,4-6H2,1-3H3;6H,4-5H2,1-3H3. The van der Waals surface area contributed by atoms with Crippen molar-refractivity contribution in [3.8, 4) is 0 Å². The fraction of sp³-hybridized carbons (Fsp3) is 1.00. The average Bonchev–Trinajstić information content (AvgIpc) is 3.44. The second-order valence-electron chi connectivity index (χ2n) is 24.5. The lowest BCUT2D eigenvalue weighted by molar-refractivity contribution is 0.240. The van der Waals surface area contributed by atoms with E-state index < -0.39 is 0 Å². The number of alkyl halides is 1. The highest BCUT2D eigenvalue weighted by atomic mass is 79.9. The van der Waals surface area contributed by atoms with Gasteiger partial charge in [0.05, 0.1) is 0 Å². The first kappa shape index (κ1) is 93.8. The van der Waals surface area contributed by atoms with Gasteiger partial charge in [0.15, 0.2) is 0 Å². The van der Waals surface area contributed by atoms with Gasteiger partial charge < -0.3 is 0 Å². The van der Waals surface area contributed by atoms with Gasteiger partial charge in [0.2, 0.25) is 0 Å². The molecule has 0 nitrogen and oxygen atoms in total. The monoisotopic (exact) mass is 1120 g/mol. The molecular formula is C73H163Br. The Bertz CT molecular complexity index is 817. The first-order chi connectivity index (χ1) is 34.9. The van der Waals surface area contributed by atoms with Gasteiger partial charge in [0.1, 0.15) is 0 Å². The SMILES string of the molecule is CCC(C)(CC)CC.CCC(C)CC.CCC(CC)(CC)CBr.CCC(CC)(CC)CC.CCC(CC)CC.CCCC(C)C(C)CC.CCCC(C)CC.CCCCC(C)C(C)CC.CCCCCC(C)CC. The van der Waals surface area contributed by atoms with E-state index in [1.54, 1.807) is 0 Å². The summed E-state index contributed by atoms with van der Waals surface area (Å²) in [6.45, 7) is 70.9. The van der Waals surface area contributed by atoms with Crippen molar-refractivity contribution in [2.45, 2.75) is 407 Å². The molecule has 74 heavy (non-hydrogen) atoms. The van der Waals surface area contributed by atoms with E-state index in [9.17, 15) is 0 Å². The van der Waals surface area contributed by atoms with Crippen molar-refractivity contribution < 1.29 is 0 Å². The summed E-state index contributed by atoms with van der Waals surface area (Å²) in [6.07, 6.45) is 40.6. The molecular weight excluding hydrogens is 957 g/mol. The molecule has 0 fully saturated rings. The van der Waals surface area contributed by atoms with E-state index in [-0.39, 0.29) is 0 Å². The predicted octanol–water partition coefficient (Wildman–Crippen LogP) is 29.5. The molecule has 0 saturated heterocycles. The van der Waals surface area contributed by atoms with E-state index in [0.29, 0.717) is 16.2 Å². The van der Waals surface area contributed by atoms with Crippen molar-refractivity contribution in [3.63, 3.8) is 0 Å². The van der Waals surface area contributed by atoms with Crippen LogP contribution in [-0.4, -0.2) is 5.33 Å². The molecule has 0 radical (unpaired) electrons. The Labute approximate surface area is 489 Å². The summed E-state index contributed by atoms with van der Waals surface area (Å²) in [7, 11) is 0. The van der Waals surface area contributed by atoms with E-state index in [4.69, 9.17) is 0 Å². The minimum absolute atomic E-state index is 0.583. The Morgan fingerprint density at radius 1 is 0.270 bits per heavy atom. The third-order valence-corrected chi connectivity index (χ3v) is 20.9. The smallest absolute Gasteiger partial charge is 0.00876 e. The molecule has 0 bridgehead atoms. The van der Waals surface area contributed by atoms with Crippen molar-refractivity contribution in [1.82, 2.24) is 0 Å². The Hall–Kier alpha value is 0.480. The second kappa shape index (κ2) is 71.5. The van der Waals surface area contributed by atoms with Crippen LogP contribution in [0.15, 0.2) is 0 Å². The Balaban J connectivity index is -0.0000000921. The quantitative estimate of drug-likeness (QED) is 0.0454. The highest BCUT2D eigenvalue weighted by Crippen LogP contribution is 2.34. The molecule has 0 amide bonds. The topological polar surface area (TPSA) is 0 Å². The first-order valence-electron chi connectivity index (χ1n) is 34.4. The van der Waals surface area contributed by atoms with E-state index >= 15 is 0 Å². The van der Waals surface area contributed by atoms with Crippen LogP contribution in [0.4, 0.5) is 0 Å². The molecule has 0 aliphatic carbocycles. The molecule has 0 aliphatic rings. The lowest BCUT2D eigenvalue weighted by atomic mass is 9.78. The van der Waals surface area contributed by atoms with Crippen LogP contribution >= 0.6 is 15.9 Å². The lowest BCUT2D eigenvalue weighted by Crippen LogP contribution is -2.18. The summed E-state index contributed by atoms with van der Waals surface area (Å²) in [5.41, 5.74) is 1.88. The summed E-state index contributed by atoms with van der Waals surface area (Å²) in [5.74, 6) is 7.54. The van der Waals surface area contributed by atoms with Crippen molar-refractivity contribution >= 4 is 15.9 Å². The van der Waals surface area contributed by atoms with Gasteiger partial charge in [0.25, 0.3) is 0 Å². The van der Waals surface area contributed by atoms with Crippen molar-refractivity contribution in [3.05, 3.63) is 0 Å². The molecule has 0 aromatic heterocycles. The largest absolute Gasteiger partial charge is 0.0922 e. The van der Waals surface area contributed by atoms with Gasteiger partial charge in [-0.05, 0) is 82.9 Å². The number of hydrogen-bond donors (Lipinski definition) is 0. The molecule has 0 N–H and O–H groups in total. The summed E-state index contributed by atoms with van der Waals surface area (Å²) < 4.78 is 0. The lowest BCUT2D eigenvalue weighted by Gasteiger charge is -2.28. The summed E-state index contributed by atoms with van der Waals surface area (Å²) >= 11 is 3.55. The van der Waals surface area contributed by atoms with Crippen LogP contribution in [0, 0.1) is 63.6 Å². The molecule has 0 aromatic carbocycles. The highest BCUT2D eigenvalue weighted by molar-refractivity contribution is 9.09. The van der Waals surface area contributed by atoms with Crippen LogP contribution < -0.4 is 0 Å². The summed E-state index contributed by atoms with van der Waals surface area (Å²) in [5, 5.41) is 1.16. The molecule has 6 atom stereocenters. The maximum atomic E-state index is 3.55. The number of rotatable bonds is 33. The van der Waals surface area contributed by atoms with Crippen LogP contribution in [0.25, 0.3) is 0 Å². The molecule has 0 heterocycles. The summed E-state index contributed by atoms with van der Waals surface area (Å²) in [6, 6.07) is 0. The Morgan fingerprint density at radius 2 is 0.581 bits per heavy atom. The third-order valence-electron chi connectivity index (χ3n) is 19.7. The molecule has 0 spiro atoms. The van der Waals surface area contributed by atoms with Gasteiger partial charge in [-0.3, -0.25) is 0 Å². The van der Waals surface area contributed by atoms with Crippen molar-refractivity contribution in [1.29, 1.82) is 0 Å². The second-order valence-corrected chi connectivity index (χ2v) is 25.0. The molecule has 0 rings (SSSR count). The van der Waals surface area contributed by atoms with Crippen molar-refractivity contribution in [2.24, 2.45) is 63.6 Å². The first-order valence-corrected chi connectivity index (χ1v) is 35.6. The van der Waals surface area contributed by atoms with Crippen LogP contribution in [0.1, 0.15) is 407 Å². The van der Waals surface area contributed by atoms with Gasteiger partial charge in [0, 0.05) is 5.33 Å². The maximum absolute atomic E-state index is 3.55. The van der Waals surface area contributed by atoms with Crippen LogP contribution in [-0.2, 0) is 0 Å². The van der Waals surface area contributed by atoms with Gasteiger partial charge in [-0.25, -0.2) is 0 Å². The fourth-order valence-corrected chi connectivity index (χ4v) is 9.63. The van der Waals surface area contributed by atoms with Crippen LogP contribution in [0.3, 0.4) is 0 Å². The fourth-order valence-electron chi connectivity index (χ4n) is 8.44. The van der Waals surface area contributed by atoms with Gasteiger partial charge in [-0.1, -0.05) is 404 Å². The molecule has 0 saturated carbocycles. The molecule has 462 valence electrons. The van der Waals surface area contributed by atoms with E-state index in [0.717, 1.165) is 52.7 Å². The molecule has 1 heteroatoms. The Kier molecular flexibility index (Phi) is 90.6. The zero-order chi connectivity index (χ0) is 60.0. The van der Waals surface area contributed by atoms with Crippen molar-refractivity contribution in [2.75, 3.05) is 5.33 Å². The zero-order valence-electron chi connectivity index (χ0n) is 59.4. The van der Waals surface area contributed by atoms with Crippen LogP contribution in [0.2, 0.25) is 0 Å². The van der Waals surface area contributed by atoms with Gasteiger partial charge in [-0.2, -0.15) is 0 Å². The normalized spacial score (nSPS) is 13.4.